The van der Waals surface area contributed by atoms with E-state index in [1.165, 1.54) is 24.3 Å². The van der Waals surface area contributed by atoms with E-state index in [0.29, 0.717) is 19.6 Å². The third kappa shape index (κ3) is 4.65. The minimum absolute atomic E-state index is 0.0647. The summed E-state index contributed by atoms with van der Waals surface area (Å²) in [5.74, 6) is -2.93. The summed E-state index contributed by atoms with van der Waals surface area (Å²) >= 11 is 0. The first-order valence-electron chi connectivity index (χ1n) is 9.20. The third-order valence-corrected chi connectivity index (χ3v) is 5.00. The zero-order valence-electron chi connectivity index (χ0n) is 15.9. The van der Waals surface area contributed by atoms with Gasteiger partial charge in [0.2, 0.25) is 5.82 Å². The minimum atomic E-state index is -1.10. The SMILES string of the molecule is CC1CN(C(=O)COc2cccc(F)c2F)C(C)CN1Cc1ccc(F)cc1. The monoisotopic (exact) mass is 392 g/mol. The molecule has 0 aromatic heterocycles. The van der Waals surface area contributed by atoms with Crippen LogP contribution in [0.4, 0.5) is 13.2 Å². The molecule has 7 heteroatoms. The van der Waals surface area contributed by atoms with Crippen molar-refractivity contribution >= 4 is 5.91 Å². The van der Waals surface area contributed by atoms with Crippen LogP contribution in [0.2, 0.25) is 0 Å². The molecule has 2 atom stereocenters. The fourth-order valence-corrected chi connectivity index (χ4v) is 3.41. The largest absolute Gasteiger partial charge is 0.481 e. The molecule has 150 valence electrons. The van der Waals surface area contributed by atoms with E-state index in [9.17, 15) is 18.0 Å². The van der Waals surface area contributed by atoms with Crippen molar-refractivity contribution in [3.05, 3.63) is 65.5 Å². The van der Waals surface area contributed by atoms with Gasteiger partial charge in [0, 0.05) is 31.7 Å². The Kier molecular flexibility index (Phi) is 6.24. The van der Waals surface area contributed by atoms with Gasteiger partial charge in [-0.25, -0.2) is 8.78 Å². The second kappa shape index (κ2) is 8.65. The van der Waals surface area contributed by atoms with Crippen LogP contribution >= 0.6 is 0 Å². The predicted molar refractivity (Wildman–Crippen MR) is 99.3 cm³/mol. The Morgan fingerprint density at radius 3 is 2.46 bits per heavy atom. The maximum atomic E-state index is 13.7. The van der Waals surface area contributed by atoms with Gasteiger partial charge in [-0.15, -0.1) is 0 Å². The number of hydrogen-bond donors (Lipinski definition) is 0. The molecule has 1 heterocycles. The van der Waals surface area contributed by atoms with E-state index in [1.54, 1.807) is 17.0 Å². The summed E-state index contributed by atoms with van der Waals surface area (Å²) in [7, 11) is 0. The lowest BCUT2D eigenvalue weighted by Crippen LogP contribution is -2.58. The molecule has 1 amide bonds. The zero-order chi connectivity index (χ0) is 20.3. The van der Waals surface area contributed by atoms with Crippen LogP contribution in [0.1, 0.15) is 19.4 Å². The summed E-state index contributed by atoms with van der Waals surface area (Å²) in [6.45, 7) is 5.41. The second-order valence-corrected chi connectivity index (χ2v) is 7.14. The topological polar surface area (TPSA) is 32.8 Å². The molecule has 28 heavy (non-hydrogen) atoms. The molecule has 3 rings (SSSR count). The van der Waals surface area contributed by atoms with Gasteiger partial charge in [-0.1, -0.05) is 18.2 Å². The molecule has 4 nitrogen and oxygen atoms in total. The van der Waals surface area contributed by atoms with Gasteiger partial charge in [-0.3, -0.25) is 9.69 Å². The maximum Gasteiger partial charge on any atom is 0.260 e. The molecule has 0 radical (unpaired) electrons. The number of benzene rings is 2. The Balaban J connectivity index is 1.57. The standard InChI is InChI=1S/C21H23F3N2O2/c1-14-11-26(20(27)13-28-19-5-3-4-18(23)21(19)24)15(2)10-25(14)12-16-6-8-17(22)9-7-16/h3-9,14-15H,10-13H2,1-2H3. The smallest absolute Gasteiger partial charge is 0.260 e. The van der Waals surface area contributed by atoms with Gasteiger partial charge < -0.3 is 9.64 Å². The number of ether oxygens (including phenoxy) is 1. The van der Waals surface area contributed by atoms with Crippen LogP contribution in [-0.4, -0.2) is 47.5 Å². The maximum absolute atomic E-state index is 13.7. The molecule has 1 aliphatic rings. The highest BCUT2D eigenvalue weighted by molar-refractivity contribution is 5.78. The molecule has 1 saturated heterocycles. The average Bonchev–Trinajstić information content (AvgIpc) is 2.67. The van der Waals surface area contributed by atoms with Crippen LogP contribution in [0.3, 0.4) is 0 Å². The Labute approximate surface area is 162 Å². The van der Waals surface area contributed by atoms with Crippen molar-refractivity contribution in [1.82, 2.24) is 9.80 Å². The Bertz CT molecular complexity index is 829. The summed E-state index contributed by atoms with van der Waals surface area (Å²) in [4.78, 5) is 16.5. The van der Waals surface area contributed by atoms with Gasteiger partial charge in [-0.05, 0) is 43.7 Å². The lowest BCUT2D eigenvalue weighted by atomic mass is 10.1. The number of carbonyl (C=O) groups excluding carboxylic acids is 1. The van der Waals surface area contributed by atoms with Crippen LogP contribution in [0.15, 0.2) is 42.5 Å². The quantitative estimate of drug-likeness (QED) is 0.780. The van der Waals surface area contributed by atoms with E-state index in [0.717, 1.165) is 11.6 Å². The van der Waals surface area contributed by atoms with Crippen molar-refractivity contribution in [3.63, 3.8) is 0 Å². The van der Waals surface area contributed by atoms with Crippen molar-refractivity contribution in [2.24, 2.45) is 0 Å². The van der Waals surface area contributed by atoms with Crippen molar-refractivity contribution in [2.45, 2.75) is 32.5 Å². The molecule has 0 saturated carbocycles. The van der Waals surface area contributed by atoms with E-state index in [4.69, 9.17) is 4.74 Å². The van der Waals surface area contributed by atoms with Gasteiger partial charge in [0.05, 0.1) is 0 Å². The Hall–Kier alpha value is -2.54. The van der Waals surface area contributed by atoms with Crippen LogP contribution in [0.25, 0.3) is 0 Å². The van der Waals surface area contributed by atoms with Gasteiger partial charge in [0.1, 0.15) is 5.82 Å². The molecule has 1 aliphatic heterocycles. The highest BCUT2D eigenvalue weighted by atomic mass is 19.2. The van der Waals surface area contributed by atoms with E-state index in [1.807, 2.05) is 13.8 Å². The van der Waals surface area contributed by atoms with Gasteiger partial charge in [0.25, 0.3) is 5.91 Å². The highest BCUT2D eigenvalue weighted by Crippen LogP contribution is 2.21. The van der Waals surface area contributed by atoms with Crippen molar-refractivity contribution < 1.29 is 22.7 Å². The fraction of sp³-hybridized carbons (Fsp3) is 0.381. The Morgan fingerprint density at radius 1 is 1.04 bits per heavy atom. The number of rotatable bonds is 5. The van der Waals surface area contributed by atoms with Crippen LogP contribution in [0.5, 0.6) is 5.75 Å². The highest BCUT2D eigenvalue weighted by Gasteiger charge is 2.32. The zero-order valence-corrected chi connectivity index (χ0v) is 15.9. The van der Waals surface area contributed by atoms with Gasteiger partial charge in [-0.2, -0.15) is 4.39 Å². The normalized spacial score (nSPS) is 20.2. The molecular weight excluding hydrogens is 369 g/mol. The first-order chi connectivity index (χ1) is 13.3. The lowest BCUT2D eigenvalue weighted by molar-refractivity contribution is -0.139. The number of halogens is 3. The summed E-state index contributed by atoms with van der Waals surface area (Å²) in [5.41, 5.74) is 1.00. The van der Waals surface area contributed by atoms with Crippen molar-refractivity contribution in [3.8, 4) is 5.75 Å². The van der Waals surface area contributed by atoms with Gasteiger partial charge >= 0.3 is 0 Å². The summed E-state index contributed by atoms with van der Waals surface area (Å²) < 4.78 is 45.2. The number of hydrogen-bond acceptors (Lipinski definition) is 3. The molecule has 0 N–H and O–H groups in total. The summed E-state index contributed by atoms with van der Waals surface area (Å²) in [6, 6.07) is 10.0. The fourth-order valence-electron chi connectivity index (χ4n) is 3.41. The molecule has 2 aromatic carbocycles. The molecule has 0 spiro atoms. The van der Waals surface area contributed by atoms with E-state index >= 15 is 0 Å². The molecule has 2 aromatic rings. The van der Waals surface area contributed by atoms with E-state index in [-0.39, 0.29) is 36.2 Å². The molecular formula is C21H23F3N2O2. The number of amides is 1. The summed E-state index contributed by atoms with van der Waals surface area (Å²) in [6.07, 6.45) is 0. The van der Waals surface area contributed by atoms with E-state index < -0.39 is 11.6 Å². The van der Waals surface area contributed by atoms with E-state index in [2.05, 4.69) is 4.90 Å². The third-order valence-electron chi connectivity index (χ3n) is 5.00. The number of nitrogens with zero attached hydrogens (tertiary/aromatic N) is 2. The molecule has 1 fully saturated rings. The first-order valence-corrected chi connectivity index (χ1v) is 9.20. The molecule has 2 unspecified atom stereocenters. The van der Waals surface area contributed by atoms with Gasteiger partial charge in [0.15, 0.2) is 18.2 Å². The van der Waals surface area contributed by atoms with Crippen LogP contribution < -0.4 is 4.74 Å². The molecule has 0 bridgehead atoms. The number of piperazine rings is 1. The van der Waals surface area contributed by atoms with Crippen LogP contribution in [0, 0.1) is 17.5 Å². The minimum Gasteiger partial charge on any atom is -0.481 e. The van der Waals surface area contributed by atoms with Crippen LogP contribution in [-0.2, 0) is 11.3 Å². The predicted octanol–water partition coefficient (Wildman–Crippen LogP) is 3.60. The summed E-state index contributed by atoms with van der Waals surface area (Å²) in [5, 5.41) is 0. The molecule has 0 aliphatic carbocycles. The average molecular weight is 392 g/mol. The Morgan fingerprint density at radius 2 is 1.75 bits per heavy atom. The first kappa shape index (κ1) is 20.2. The lowest BCUT2D eigenvalue weighted by Gasteiger charge is -2.44. The number of carbonyl (C=O) groups is 1. The van der Waals surface area contributed by atoms with Crippen molar-refractivity contribution in [2.75, 3.05) is 19.7 Å². The van der Waals surface area contributed by atoms with Crippen molar-refractivity contribution in [1.29, 1.82) is 0 Å². The second-order valence-electron chi connectivity index (χ2n) is 7.14.